The van der Waals surface area contributed by atoms with Gasteiger partial charge in [-0.3, -0.25) is 4.79 Å². The molecule has 3 heterocycles. The van der Waals surface area contributed by atoms with Gasteiger partial charge < -0.3 is 15.0 Å². The van der Waals surface area contributed by atoms with Gasteiger partial charge in [0.2, 0.25) is 5.91 Å². The van der Waals surface area contributed by atoms with Crippen LogP contribution in [0, 0.1) is 5.92 Å². The van der Waals surface area contributed by atoms with Crippen molar-refractivity contribution >= 4 is 22.4 Å². The molecule has 6 heteroatoms. The third-order valence-electron chi connectivity index (χ3n) is 5.02. The predicted molar refractivity (Wildman–Crippen MR) is 86.0 cm³/mol. The van der Waals surface area contributed by atoms with Gasteiger partial charge in [0.05, 0.1) is 18.2 Å². The molecular weight excluding hydrogens is 298 g/mol. The number of anilines is 1. The molecule has 1 aliphatic carbocycles. The SMILES string of the molecule is O=C(CC1CC1)N1CCCC2(CC(Nc3nccs3)CO2)C1. The Balaban J connectivity index is 1.35. The quantitative estimate of drug-likeness (QED) is 0.926. The number of carbonyl (C=O) groups is 1. The number of ether oxygens (including phenoxy) is 1. The zero-order valence-corrected chi connectivity index (χ0v) is 13.6. The first-order valence-corrected chi connectivity index (χ1v) is 9.18. The molecule has 2 saturated heterocycles. The Hall–Kier alpha value is -1.14. The summed E-state index contributed by atoms with van der Waals surface area (Å²) in [6, 6.07) is 0.310. The first-order valence-electron chi connectivity index (χ1n) is 8.30. The Labute approximate surface area is 135 Å². The predicted octanol–water partition coefficient (Wildman–Crippen LogP) is 2.51. The average Bonchev–Trinajstić information content (AvgIpc) is 3.03. The number of likely N-dealkylation sites (tertiary alicyclic amines) is 1. The van der Waals surface area contributed by atoms with Crippen molar-refractivity contribution in [3.05, 3.63) is 11.6 Å². The molecule has 2 aliphatic heterocycles. The van der Waals surface area contributed by atoms with E-state index in [1.165, 1.54) is 12.8 Å². The minimum atomic E-state index is -0.133. The minimum absolute atomic E-state index is 0.133. The first-order chi connectivity index (χ1) is 10.7. The molecule has 22 heavy (non-hydrogen) atoms. The zero-order chi connectivity index (χ0) is 15.0. The Kier molecular flexibility index (Phi) is 3.82. The molecule has 4 rings (SSSR count). The van der Waals surface area contributed by atoms with Crippen molar-refractivity contribution < 1.29 is 9.53 Å². The molecule has 1 aromatic rings. The van der Waals surface area contributed by atoms with Crippen LogP contribution in [-0.2, 0) is 9.53 Å². The molecular formula is C16H23N3O2S. The van der Waals surface area contributed by atoms with Crippen LogP contribution in [-0.4, -0.2) is 47.1 Å². The molecule has 3 aliphatic rings. The molecule has 5 nitrogen and oxygen atoms in total. The van der Waals surface area contributed by atoms with Crippen molar-refractivity contribution in [1.82, 2.24) is 9.88 Å². The van der Waals surface area contributed by atoms with Crippen LogP contribution >= 0.6 is 11.3 Å². The molecule has 1 amide bonds. The van der Waals surface area contributed by atoms with Gasteiger partial charge in [-0.25, -0.2) is 4.98 Å². The molecule has 1 saturated carbocycles. The second-order valence-corrected chi connectivity index (χ2v) is 7.84. The van der Waals surface area contributed by atoms with Crippen LogP contribution in [0.3, 0.4) is 0 Å². The van der Waals surface area contributed by atoms with Gasteiger partial charge in [-0.1, -0.05) is 0 Å². The highest BCUT2D eigenvalue weighted by Gasteiger charge is 2.45. The van der Waals surface area contributed by atoms with E-state index >= 15 is 0 Å². The summed E-state index contributed by atoms with van der Waals surface area (Å²) in [6.07, 6.45) is 8.13. The maximum atomic E-state index is 12.4. The van der Waals surface area contributed by atoms with Gasteiger partial charge in [-0.2, -0.15) is 0 Å². The highest BCUT2D eigenvalue weighted by molar-refractivity contribution is 7.13. The first kappa shape index (κ1) is 14.5. The molecule has 1 N–H and O–H groups in total. The minimum Gasteiger partial charge on any atom is -0.371 e. The van der Waals surface area contributed by atoms with Gasteiger partial charge in [-0.15, -0.1) is 11.3 Å². The molecule has 2 unspecified atom stereocenters. The maximum absolute atomic E-state index is 12.4. The average molecular weight is 321 g/mol. The van der Waals surface area contributed by atoms with Crippen LogP contribution in [0.25, 0.3) is 0 Å². The summed E-state index contributed by atoms with van der Waals surface area (Å²) in [5.41, 5.74) is -0.133. The number of hydrogen-bond donors (Lipinski definition) is 1. The second-order valence-electron chi connectivity index (χ2n) is 6.94. The Morgan fingerprint density at radius 3 is 3.23 bits per heavy atom. The number of hydrogen-bond acceptors (Lipinski definition) is 5. The van der Waals surface area contributed by atoms with Gasteiger partial charge in [0.25, 0.3) is 0 Å². The monoisotopic (exact) mass is 321 g/mol. The van der Waals surface area contributed by atoms with Crippen molar-refractivity contribution in [2.75, 3.05) is 25.0 Å². The topological polar surface area (TPSA) is 54.5 Å². The Bertz CT molecular complexity index is 532. The van der Waals surface area contributed by atoms with Crippen LogP contribution in [0.15, 0.2) is 11.6 Å². The van der Waals surface area contributed by atoms with E-state index in [-0.39, 0.29) is 5.60 Å². The molecule has 2 atom stereocenters. The van der Waals surface area contributed by atoms with E-state index < -0.39 is 0 Å². The van der Waals surface area contributed by atoms with Crippen LogP contribution in [0.5, 0.6) is 0 Å². The second kappa shape index (κ2) is 5.81. The van der Waals surface area contributed by atoms with Crippen LogP contribution in [0.1, 0.15) is 38.5 Å². The number of rotatable bonds is 4. The fourth-order valence-corrected chi connectivity index (χ4v) is 4.31. The molecule has 120 valence electrons. The smallest absolute Gasteiger partial charge is 0.222 e. The van der Waals surface area contributed by atoms with Gasteiger partial charge in [0.15, 0.2) is 5.13 Å². The Morgan fingerprint density at radius 2 is 2.45 bits per heavy atom. The molecule has 3 fully saturated rings. The van der Waals surface area contributed by atoms with Crippen LogP contribution in [0.4, 0.5) is 5.13 Å². The summed E-state index contributed by atoms with van der Waals surface area (Å²) in [5.74, 6) is 0.996. The van der Waals surface area contributed by atoms with E-state index in [1.54, 1.807) is 11.3 Å². The van der Waals surface area contributed by atoms with Gasteiger partial charge in [0, 0.05) is 37.5 Å². The highest BCUT2D eigenvalue weighted by Crippen LogP contribution is 2.38. The summed E-state index contributed by atoms with van der Waals surface area (Å²) in [5, 5.41) is 6.40. The van der Waals surface area contributed by atoms with Crippen molar-refractivity contribution in [3.63, 3.8) is 0 Å². The van der Waals surface area contributed by atoms with Crippen molar-refractivity contribution in [2.45, 2.75) is 50.2 Å². The molecule has 0 aromatic carbocycles. The number of nitrogens with one attached hydrogen (secondary N) is 1. The molecule has 1 spiro atoms. The van der Waals surface area contributed by atoms with Crippen LogP contribution < -0.4 is 5.32 Å². The summed E-state index contributed by atoms with van der Waals surface area (Å²) in [4.78, 5) is 18.7. The van der Waals surface area contributed by atoms with Gasteiger partial charge in [0.1, 0.15) is 0 Å². The van der Waals surface area contributed by atoms with E-state index in [0.29, 0.717) is 24.5 Å². The van der Waals surface area contributed by atoms with E-state index in [0.717, 1.165) is 43.9 Å². The van der Waals surface area contributed by atoms with Crippen LogP contribution in [0.2, 0.25) is 0 Å². The lowest BCUT2D eigenvalue weighted by Gasteiger charge is -2.39. The summed E-state index contributed by atoms with van der Waals surface area (Å²) < 4.78 is 6.16. The van der Waals surface area contributed by atoms with E-state index in [4.69, 9.17) is 4.74 Å². The van der Waals surface area contributed by atoms with Gasteiger partial charge >= 0.3 is 0 Å². The number of aromatic nitrogens is 1. The summed E-state index contributed by atoms with van der Waals surface area (Å²) >= 11 is 1.62. The van der Waals surface area contributed by atoms with Crippen molar-refractivity contribution in [3.8, 4) is 0 Å². The number of nitrogens with zero attached hydrogens (tertiary/aromatic N) is 2. The lowest BCUT2D eigenvalue weighted by Crippen LogP contribution is -2.50. The van der Waals surface area contributed by atoms with E-state index in [1.807, 2.05) is 16.5 Å². The summed E-state index contributed by atoms with van der Waals surface area (Å²) in [7, 11) is 0. The number of carbonyl (C=O) groups excluding carboxylic acids is 1. The number of thiazole rings is 1. The van der Waals surface area contributed by atoms with E-state index in [9.17, 15) is 4.79 Å². The fourth-order valence-electron chi connectivity index (χ4n) is 3.70. The van der Waals surface area contributed by atoms with Crippen molar-refractivity contribution in [1.29, 1.82) is 0 Å². The largest absolute Gasteiger partial charge is 0.371 e. The molecule has 0 radical (unpaired) electrons. The molecule has 0 bridgehead atoms. The number of piperidine rings is 1. The molecule has 1 aromatic heterocycles. The highest BCUT2D eigenvalue weighted by atomic mass is 32.1. The lowest BCUT2D eigenvalue weighted by atomic mass is 9.88. The standard InChI is InChI=1S/C16H23N3O2S/c20-14(8-12-2-3-12)19-6-1-4-16(11-19)9-13(10-21-16)18-15-17-5-7-22-15/h5,7,12-13H,1-4,6,8-11H2,(H,17,18). The van der Waals surface area contributed by atoms with Crippen molar-refractivity contribution in [2.24, 2.45) is 5.92 Å². The van der Waals surface area contributed by atoms with E-state index in [2.05, 4.69) is 10.3 Å². The van der Waals surface area contributed by atoms with Gasteiger partial charge in [-0.05, 0) is 31.6 Å². The third-order valence-corrected chi connectivity index (χ3v) is 5.73. The Morgan fingerprint density at radius 1 is 1.55 bits per heavy atom. The lowest BCUT2D eigenvalue weighted by molar-refractivity contribution is -0.139. The fraction of sp³-hybridized carbons (Fsp3) is 0.750. The zero-order valence-electron chi connectivity index (χ0n) is 12.8. The normalized spacial score (nSPS) is 31.6. The number of amides is 1. The third kappa shape index (κ3) is 3.13. The maximum Gasteiger partial charge on any atom is 0.222 e. The summed E-state index contributed by atoms with van der Waals surface area (Å²) in [6.45, 7) is 2.39.